The quantitative estimate of drug-likeness (QED) is 0.604. The van der Waals surface area contributed by atoms with Gasteiger partial charge in [-0.15, -0.1) is 0 Å². The van der Waals surface area contributed by atoms with Crippen LogP contribution in [0.3, 0.4) is 0 Å². The number of likely N-dealkylation sites (N-methyl/N-ethyl adjacent to an activating group) is 1. The van der Waals surface area contributed by atoms with Crippen LogP contribution >= 0.6 is 23.8 Å². The molecule has 1 fully saturated rings. The maximum absolute atomic E-state index is 13.0. The van der Waals surface area contributed by atoms with Crippen molar-refractivity contribution in [2.24, 2.45) is 0 Å². The molecule has 2 amide bonds. The first-order valence-electron chi connectivity index (χ1n) is 9.76. The van der Waals surface area contributed by atoms with Gasteiger partial charge in [0, 0.05) is 23.8 Å². The Hall–Kier alpha value is -2.84. The fraction of sp³-hybridized carbons (Fsp3) is 0.318. The van der Waals surface area contributed by atoms with Gasteiger partial charge >= 0.3 is 0 Å². The van der Waals surface area contributed by atoms with Gasteiger partial charge in [0.1, 0.15) is 6.04 Å². The molecule has 1 N–H and O–H groups in total. The minimum absolute atomic E-state index is 0.0325. The maximum atomic E-state index is 13.0. The number of nitrogens with one attached hydrogen (secondary N) is 1. The predicted octanol–water partition coefficient (Wildman–Crippen LogP) is 3.70. The van der Waals surface area contributed by atoms with Crippen LogP contribution in [0.1, 0.15) is 18.9 Å². The zero-order chi connectivity index (χ0) is 22.5. The number of hydrogen-bond acceptors (Lipinski definition) is 5. The molecule has 0 spiro atoms. The third kappa shape index (κ3) is 5.08. The fourth-order valence-electron chi connectivity index (χ4n) is 3.49. The van der Waals surface area contributed by atoms with E-state index < -0.39 is 6.04 Å². The zero-order valence-corrected chi connectivity index (χ0v) is 19.1. The number of rotatable bonds is 8. The number of anilines is 1. The molecule has 0 saturated carbocycles. The van der Waals surface area contributed by atoms with Crippen LogP contribution in [0.4, 0.5) is 5.69 Å². The third-order valence-electron chi connectivity index (χ3n) is 5.01. The normalized spacial score (nSPS) is 15.9. The van der Waals surface area contributed by atoms with Gasteiger partial charge in [-0.25, -0.2) is 0 Å². The molecule has 0 unspecified atom stereocenters. The highest BCUT2D eigenvalue weighted by Crippen LogP contribution is 2.30. The lowest BCUT2D eigenvalue weighted by Gasteiger charge is -2.24. The second-order valence-electron chi connectivity index (χ2n) is 6.96. The third-order valence-corrected chi connectivity index (χ3v) is 5.70. The molecule has 9 heteroatoms. The highest BCUT2D eigenvalue weighted by atomic mass is 35.5. The first kappa shape index (κ1) is 22.8. The van der Waals surface area contributed by atoms with E-state index in [1.807, 2.05) is 19.1 Å². The van der Waals surface area contributed by atoms with Crippen molar-refractivity contribution < 1.29 is 19.1 Å². The van der Waals surface area contributed by atoms with Gasteiger partial charge in [-0.1, -0.05) is 23.7 Å². The molecule has 1 heterocycles. The summed E-state index contributed by atoms with van der Waals surface area (Å²) in [5, 5.41) is 3.72. The van der Waals surface area contributed by atoms with Crippen molar-refractivity contribution in [2.75, 3.05) is 26.1 Å². The summed E-state index contributed by atoms with van der Waals surface area (Å²) < 4.78 is 10.7. The molecule has 7 nitrogen and oxygen atoms in total. The SMILES string of the molecule is CCN1C(=O)[C@@H](CC(=O)Nc2cccc(Cl)c2)N(Cc2ccc(OC)c(OC)c2)C1=S. The van der Waals surface area contributed by atoms with Crippen LogP contribution in [-0.4, -0.2) is 53.5 Å². The Morgan fingerprint density at radius 2 is 1.90 bits per heavy atom. The Balaban J connectivity index is 1.80. The maximum Gasteiger partial charge on any atom is 0.252 e. The topological polar surface area (TPSA) is 71.1 Å². The van der Waals surface area contributed by atoms with Crippen molar-refractivity contribution in [3.63, 3.8) is 0 Å². The monoisotopic (exact) mass is 461 g/mol. The standard InChI is InChI=1S/C22H24ClN3O4S/c1-4-25-21(28)17(12-20(27)24-16-7-5-6-15(23)11-16)26(22(25)31)13-14-8-9-18(29-2)19(10-14)30-3/h5-11,17H,4,12-13H2,1-3H3,(H,24,27)/t17-/m1/s1. The molecule has 164 valence electrons. The summed E-state index contributed by atoms with van der Waals surface area (Å²) in [5.41, 5.74) is 1.45. The van der Waals surface area contributed by atoms with Gasteiger partial charge in [0.05, 0.1) is 20.6 Å². The fourth-order valence-corrected chi connectivity index (χ4v) is 4.09. The molecule has 1 saturated heterocycles. The highest BCUT2D eigenvalue weighted by molar-refractivity contribution is 7.80. The number of ether oxygens (including phenoxy) is 2. The Labute approximate surface area is 191 Å². The molecule has 3 rings (SSSR count). The minimum Gasteiger partial charge on any atom is -0.493 e. The Kier molecular flexibility index (Phi) is 7.35. The van der Waals surface area contributed by atoms with E-state index in [0.29, 0.717) is 40.4 Å². The smallest absolute Gasteiger partial charge is 0.252 e. The average Bonchev–Trinajstić information content (AvgIpc) is 2.96. The van der Waals surface area contributed by atoms with E-state index in [2.05, 4.69) is 5.32 Å². The number of halogens is 1. The van der Waals surface area contributed by atoms with E-state index in [1.54, 1.807) is 49.5 Å². The van der Waals surface area contributed by atoms with E-state index in [9.17, 15) is 9.59 Å². The summed E-state index contributed by atoms with van der Waals surface area (Å²) in [4.78, 5) is 28.9. The molecule has 0 aliphatic carbocycles. The minimum atomic E-state index is -0.695. The number of carbonyl (C=O) groups excluding carboxylic acids is 2. The zero-order valence-electron chi connectivity index (χ0n) is 17.6. The van der Waals surface area contributed by atoms with Crippen LogP contribution < -0.4 is 14.8 Å². The number of methoxy groups -OCH3 is 2. The number of benzene rings is 2. The molecule has 1 atom stereocenters. The van der Waals surface area contributed by atoms with Gasteiger partial charge in [0.2, 0.25) is 5.91 Å². The van der Waals surface area contributed by atoms with E-state index in [-0.39, 0.29) is 18.2 Å². The molecule has 0 aromatic heterocycles. The van der Waals surface area contributed by atoms with Crippen LogP contribution in [-0.2, 0) is 16.1 Å². The van der Waals surface area contributed by atoms with Crippen molar-refractivity contribution in [1.29, 1.82) is 0 Å². The summed E-state index contributed by atoms with van der Waals surface area (Å²) in [6.45, 7) is 2.65. The van der Waals surface area contributed by atoms with Gasteiger partial charge in [-0.05, 0) is 55.0 Å². The molecular formula is C22H24ClN3O4S. The molecular weight excluding hydrogens is 438 g/mol. The molecule has 1 aliphatic heterocycles. The van der Waals surface area contributed by atoms with Gasteiger partial charge in [-0.3, -0.25) is 14.5 Å². The van der Waals surface area contributed by atoms with E-state index >= 15 is 0 Å². The highest BCUT2D eigenvalue weighted by Gasteiger charge is 2.42. The molecule has 31 heavy (non-hydrogen) atoms. The number of hydrogen-bond donors (Lipinski definition) is 1. The van der Waals surface area contributed by atoms with Crippen LogP contribution in [0.15, 0.2) is 42.5 Å². The van der Waals surface area contributed by atoms with E-state index in [4.69, 9.17) is 33.3 Å². The van der Waals surface area contributed by atoms with Crippen LogP contribution in [0.25, 0.3) is 0 Å². The Morgan fingerprint density at radius 1 is 1.16 bits per heavy atom. The predicted molar refractivity (Wildman–Crippen MR) is 124 cm³/mol. The van der Waals surface area contributed by atoms with Crippen molar-refractivity contribution in [1.82, 2.24) is 9.80 Å². The Bertz CT molecular complexity index is 1000. The second kappa shape index (κ2) is 9.98. The average molecular weight is 462 g/mol. The van der Waals surface area contributed by atoms with Crippen molar-refractivity contribution >= 4 is 46.4 Å². The van der Waals surface area contributed by atoms with E-state index in [1.165, 1.54) is 4.90 Å². The summed E-state index contributed by atoms with van der Waals surface area (Å²) in [7, 11) is 3.13. The first-order chi connectivity index (χ1) is 14.9. The number of nitrogens with zero attached hydrogens (tertiary/aromatic N) is 2. The van der Waals surface area contributed by atoms with Crippen molar-refractivity contribution in [3.05, 3.63) is 53.1 Å². The molecule has 0 bridgehead atoms. The van der Waals surface area contributed by atoms with Gasteiger partial charge in [-0.2, -0.15) is 0 Å². The number of thiocarbonyl (C=S) groups is 1. The van der Waals surface area contributed by atoms with Crippen LogP contribution in [0.5, 0.6) is 11.5 Å². The molecule has 1 aliphatic rings. The lowest BCUT2D eigenvalue weighted by atomic mass is 10.1. The summed E-state index contributed by atoms with van der Waals surface area (Å²) in [5.74, 6) is 0.714. The Morgan fingerprint density at radius 3 is 2.55 bits per heavy atom. The lowest BCUT2D eigenvalue weighted by molar-refractivity contribution is -0.130. The first-order valence-corrected chi connectivity index (χ1v) is 10.5. The van der Waals surface area contributed by atoms with Crippen molar-refractivity contribution in [3.8, 4) is 11.5 Å². The molecule has 2 aromatic carbocycles. The van der Waals surface area contributed by atoms with Crippen LogP contribution in [0, 0.1) is 0 Å². The van der Waals surface area contributed by atoms with Gasteiger partial charge in [0.25, 0.3) is 5.91 Å². The number of carbonyl (C=O) groups is 2. The van der Waals surface area contributed by atoms with Gasteiger partial charge in [0.15, 0.2) is 16.6 Å². The lowest BCUT2D eigenvalue weighted by Crippen LogP contribution is -2.37. The number of amides is 2. The summed E-state index contributed by atoms with van der Waals surface area (Å²) in [6.07, 6.45) is -0.0325. The molecule has 2 aromatic rings. The van der Waals surface area contributed by atoms with Crippen molar-refractivity contribution in [2.45, 2.75) is 25.9 Å². The van der Waals surface area contributed by atoms with Gasteiger partial charge < -0.3 is 19.7 Å². The summed E-state index contributed by atoms with van der Waals surface area (Å²) >= 11 is 11.5. The second-order valence-corrected chi connectivity index (χ2v) is 7.76. The summed E-state index contributed by atoms with van der Waals surface area (Å²) in [6, 6.07) is 11.7. The van der Waals surface area contributed by atoms with E-state index in [0.717, 1.165) is 5.56 Å². The molecule has 0 radical (unpaired) electrons. The largest absolute Gasteiger partial charge is 0.493 e. The van der Waals surface area contributed by atoms with Crippen LogP contribution in [0.2, 0.25) is 5.02 Å².